The van der Waals surface area contributed by atoms with E-state index >= 15 is 0 Å². The van der Waals surface area contributed by atoms with Crippen LogP contribution in [0.15, 0.2) is 34.9 Å². The summed E-state index contributed by atoms with van der Waals surface area (Å²) < 4.78 is 5.22. The highest BCUT2D eigenvalue weighted by atomic mass is 16.3. The lowest BCUT2D eigenvalue weighted by molar-refractivity contribution is -0.121. The van der Waals surface area contributed by atoms with Crippen LogP contribution in [0.5, 0.6) is 0 Å². The molecule has 1 heterocycles. The topological polar surface area (TPSA) is 42.2 Å². The summed E-state index contributed by atoms with van der Waals surface area (Å²) in [5, 5.41) is 2.98. The van der Waals surface area contributed by atoms with E-state index in [0.29, 0.717) is 19.4 Å². The zero-order chi connectivity index (χ0) is 14.5. The molecular weight excluding hydrogens is 250 g/mol. The number of furan rings is 1. The molecule has 0 saturated carbocycles. The molecule has 106 valence electrons. The highest BCUT2D eigenvalue weighted by Crippen LogP contribution is 2.16. The normalized spacial score (nSPS) is 10.6. The number of nitrogens with one attached hydrogen (secondary N) is 1. The number of hydrogen-bond donors (Lipinski definition) is 1. The van der Waals surface area contributed by atoms with E-state index in [1.807, 2.05) is 12.1 Å². The van der Waals surface area contributed by atoms with Crippen LogP contribution < -0.4 is 5.32 Å². The molecule has 0 radical (unpaired) electrons. The SMILES string of the molecule is Cc1cc(C)c(CNC(=O)CCc2ccco2)c(C)c1. The summed E-state index contributed by atoms with van der Waals surface area (Å²) >= 11 is 0. The van der Waals surface area contributed by atoms with Crippen molar-refractivity contribution < 1.29 is 9.21 Å². The van der Waals surface area contributed by atoms with Crippen molar-refractivity contribution >= 4 is 5.91 Å². The largest absolute Gasteiger partial charge is 0.469 e. The second-order valence-electron chi connectivity index (χ2n) is 5.23. The average Bonchev–Trinajstić information content (AvgIpc) is 2.88. The zero-order valence-electron chi connectivity index (χ0n) is 12.3. The van der Waals surface area contributed by atoms with Gasteiger partial charge >= 0.3 is 0 Å². The number of carbonyl (C=O) groups is 1. The van der Waals surface area contributed by atoms with Gasteiger partial charge in [-0.05, 0) is 49.6 Å². The molecule has 2 aromatic rings. The van der Waals surface area contributed by atoms with Crippen molar-refractivity contribution in [3.8, 4) is 0 Å². The molecule has 20 heavy (non-hydrogen) atoms. The van der Waals surface area contributed by atoms with E-state index in [9.17, 15) is 4.79 Å². The Kier molecular flexibility index (Phi) is 4.61. The van der Waals surface area contributed by atoms with Gasteiger partial charge in [-0.2, -0.15) is 0 Å². The third-order valence-electron chi connectivity index (χ3n) is 3.48. The minimum atomic E-state index is 0.0563. The van der Waals surface area contributed by atoms with Gasteiger partial charge in [-0.15, -0.1) is 0 Å². The van der Waals surface area contributed by atoms with Gasteiger partial charge in [-0.1, -0.05) is 17.7 Å². The predicted molar refractivity (Wildman–Crippen MR) is 79.5 cm³/mol. The second kappa shape index (κ2) is 6.42. The van der Waals surface area contributed by atoms with E-state index in [2.05, 4.69) is 38.2 Å². The van der Waals surface area contributed by atoms with Crippen molar-refractivity contribution in [2.45, 2.75) is 40.2 Å². The molecule has 0 aliphatic heterocycles. The van der Waals surface area contributed by atoms with Crippen LogP contribution in [0.4, 0.5) is 0 Å². The summed E-state index contributed by atoms with van der Waals surface area (Å²) in [4.78, 5) is 11.8. The third-order valence-corrected chi connectivity index (χ3v) is 3.48. The molecule has 0 bridgehead atoms. The Morgan fingerprint density at radius 1 is 1.20 bits per heavy atom. The number of amides is 1. The summed E-state index contributed by atoms with van der Waals surface area (Å²) in [6, 6.07) is 8.03. The van der Waals surface area contributed by atoms with Gasteiger partial charge in [0.05, 0.1) is 6.26 Å². The van der Waals surface area contributed by atoms with E-state index in [0.717, 1.165) is 5.76 Å². The van der Waals surface area contributed by atoms with Crippen LogP contribution >= 0.6 is 0 Å². The second-order valence-corrected chi connectivity index (χ2v) is 5.23. The van der Waals surface area contributed by atoms with Crippen LogP contribution in [0.3, 0.4) is 0 Å². The Balaban J connectivity index is 1.87. The van der Waals surface area contributed by atoms with Gasteiger partial charge < -0.3 is 9.73 Å². The highest BCUT2D eigenvalue weighted by molar-refractivity contribution is 5.76. The molecule has 0 unspecified atom stereocenters. The summed E-state index contributed by atoms with van der Waals surface area (Å²) in [6.45, 7) is 6.86. The summed E-state index contributed by atoms with van der Waals surface area (Å²) in [7, 11) is 0. The van der Waals surface area contributed by atoms with E-state index < -0.39 is 0 Å². The lowest BCUT2D eigenvalue weighted by Gasteiger charge is -2.12. The Bertz CT molecular complexity index is 562. The van der Waals surface area contributed by atoms with Gasteiger partial charge in [0.25, 0.3) is 0 Å². The Labute approximate surface area is 120 Å². The fourth-order valence-electron chi connectivity index (χ4n) is 2.46. The average molecular weight is 271 g/mol. The molecule has 0 atom stereocenters. The van der Waals surface area contributed by atoms with Gasteiger partial charge in [0.15, 0.2) is 0 Å². The number of rotatable bonds is 5. The monoisotopic (exact) mass is 271 g/mol. The third kappa shape index (κ3) is 3.73. The highest BCUT2D eigenvalue weighted by Gasteiger charge is 2.07. The molecule has 3 nitrogen and oxygen atoms in total. The first-order valence-electron chi connectivity index (χ1n) is 6.92. The van der Waals surface area contributed by atoms with Gasteiger partial charge in [-0.3, -0.25) is 4.79 Å². The van der Waals surface area contributed by atoms with E-state index in [1.54, 1.807) is 6.26 Å². The quantitative estimate of drug-likeness (QED) is 0.905. The number of carbonyl (C=O) groups excluding carboxylic acids is 1. The summed E-state index contributed by atoms with van der Waals surface area (Å²) in [5.74, 6) is 0.906. The molecule has 2 rings (SSSR count). The minimum absolute atomic E-state index is 0.0563. The van der Waals surface area contributed by atoms with Crippen molar-refractivity contribution in [1.82, 2.24) is 5.32 Å². The first-order chi connectivity index (χ1) is 9.56. The zero-order valence-corrected chi connectivity index (χ0v) is 12.3. The number of benzene rings is 1. The van der Waals surface area contributed by atoms with Crippen molar-refractivity contribution in [2.75, 3.05) is 0 Å². The van der Waals surface area contributed by atoms with Crippen molar-refractivity contribution in [3.05, 3.63) is 58.5 Å². The minimum Gasteiger partial charge on any atom is -0.469 e. The standard InChI is InChI=1S/C17H21NO2/c1-12-9-13(2)16(14(3)10-12)11-18-17(19)7-6-15-5-4-8-20-15/h4-5,8-10H,6-7,11H2,1-3H3,(H,18,19). The van der Waals surface area contributed by atoms with Crippen LogP contribution in [0.1, 0.15) is 34.4 Å². The maximum atomic E-state index is 11.8. The lowest BCUT2D eigenvalue weighted by atomic mass is 10.00. The fraction of sp³-hybridized carbons (Fsp3) is 0.353. The Hall–Kier alpha value is -2.03. The molecule has 0 saturated heterocycles. The molecule has 1 aromatic heterocycles. The van der Waals surface area contributed by atoms with Crippen molar-refractivity contribution in [1.29, 1.82) is 0 Å². The smallest absolute Gasteiger partial charge is 0.220 e. The maximum Gasteiger partial charge on any atom is 0.220 e. The van der Waals surface area contributed by atoms with Gasteiger partial charge in [-0.25, -0.2) is 0 Å². The van der Waals surface area contributed by atoms with Crippen LogP contribution in [-0.4, -0.2) is 5.91 Å². The Morgan fingerprint density at radius 3 is 2.50 bits per heavy atom. The molecule has 0 aliphatic carbocycles. The summed E-state index contributed by atoms with van der Waals surface area (Å²) in [6.07, 6.45) is 2.73. The van der Waals surface area contributed by atoms with E-state index in [1.165, 1.54) is 22.3 Å². The Morgan fingerprint density at radius 2 is 1.90 bits per heavy atom. The first kappa shape index (κ1) is 14.4. The molecule has 1 aromatic carbocycles. The van der Waals surface area contributed by atoms with Crippen LogP contribution in [0, 0.1) is 20.8 Å². The summed E-state index contributed by atoms with van der Waals surface area (Å²) in [5.41, 5.74) is 4.93. The molecule has 0 fully saturated rings. The molecule has 0 aliphatic rings. The fourth-order valence-corrected chi connectivity index (χ4v) is 2.46. The molecule has 1 N–H and O–H groups in total. The van der Waals surface area contributed by atoms with Crippen molar-refractivity contribution in [3.63, 3.8) is 0 Å². The van der Waals surface area contributed by atoms with Crippen LogP contribution in [0.2, 0.25) is 0 Å². The van der Waals surface area contributed by atoms with Crippen LogP contribution in [0.25, 0.3) is 0 Å². The van der Waals surface area contributed by atoms with Gasteiger partial charge in [0.2, 0.25) is 5.91 Å². The molecule has 0 spiro atoms. The van der Waals surface area contributed by atoms with Crippen LogP contribution in [-0.2, 0) is 17.8 Å². The number of aryl methyl sites for hydroxylation is 4. The molecule has 3 heteroatoms. The van der Waals surface area contributed by atoms with Gasteiger partial charge in [0, 0.05) is 19.4 Å². The molecule has 1 amide bonds. The van der Waals surface area contributed by atoms with E-state index in [-0.39, 0.29) is 5.91 Å². The van der Waals surface area contributed by atoms with Gasteiger partial charge in [0.1, 0.15) is 5.76 Å². The first-order valence-corrected chi connectivity index (χ1v) is 6.92. The van der Waals surface area contributed by atoms with E-state index in [4.69, 9.17) is 4.42 Å². The lowest BCUT2D eigenvalue weighted by Crippen LogP contribution is -2.23. The predicted octanol–water partition coefficient (Wildman–Crippen LogP) is 3.45. The molecular formula is C17H21NO2. The maximum absolute atomic E-state index is 11.8. The van der Waals surface area contributed by atoms with Crippen molar-refractivity contribution in [2.24, 2.45) is 0 Å². The number of hydrogen-bond acceptors (Lipinski definition) is 2.